The molecule has 0 saturated carbocycles. The zero-order chi connectivity index (χ0) is 17.2. The van der Waals surface area contributed by atoms with Crippen LogP contribution in [0.25, 0.3) is 0 Å². The zero-order valence-corrected chi connectivity index (χ0v) is 16.0. The van der Waals surface area contributed by atoms with Crippen molar-refractivity contribution in [1.82, 2.24) is 19.8 Å². The van der Waals surface area contributed by atoms with Crippen LogP contribution < -0.4 is 5.32 Å². The zero-order valence-electron chi connectivity index (χ0n) is 15.2. The fourth-order valence-corrected chi connectivity index (χ4v) is 4.24. The average Bonchev–Trinajstić information content (AvgIpc) is 3.07. The van der Waals surface area contributed by atoms with Gasteiger partial charge in [0.15, 0.2) is 0 Å². The lowest BCUT2D eigenvalue weighted by Gasteiger charge is -2.37. The minimum atomic E-state index is 0. The van der Waals surface area contributed by atoms with Crippen molar-refractivity contribution in [2.24, 2.45) is 13.0 Å². The maximum Gasteiger partial charge on any atom is 0.223 e. The molecule has 26 heavy (non-hydrogen) atoms. The first kappa shape index (κ1) is 18.9. The number of amides is 1. The molecule has 0 spiro atoms. The number of hydrogen-bond donors (Lipinski definition) is 1. The summed E-state index contributed by atoms with van der Waals surface area (Å²) in [5, 5.41) is 3.40. The van der Waals surface area contributed by atoms with E-state index in [1.165, 1.54) is 11.1 Å². The quantitative estimate of drug-likeness (QED) is 0.898. The summed E-state index contributed by atoms with van der Waals surface area (Å²) < 4.78 is 2.02. The van der Waals surface area contributed by atoms with Gasteiger partial charge in [-0.1, -0.05) is 24.3 Å². The van der Waals surface area contributed by atoms with Crippen molar-refractivity contribution in [3.05, 3.63) is 53.6 Å². The number of carbonyl (C=O) groups excluding carboxylic acids is 1. The minimum Gasteiger partial charge on any atom is -0.336 e. The number of hydrogen-bond acceptors (Lipinski definition) is 3. The molecular formula is C20H27ClN4O. The van der Waals surface area contributed by atoms with E-state index >= 15 is 0 Å². The van der Waals surface area contributed by atoms with Crippen LogP contribution in [0.2, 0.25) is 0 Å². The van der Waals surface area contributed by atoms with Gasteiger partial charge in [0.1, 0.15) is 11.9 Å². The number of fused-ring (bicyclic) bond motifs is 1. The van der Waals surface area contributed by atoms with E-state index < -0.39 is 0 Å². The first-order chi connectivity index (χ1) is 12.2. The van der Waals surface area contributed by atoms with E-state index in [0.717, 1.165) is 44.7 Å². The van der Waals surface area contributed by atoms with Crippen molar-refractivity contribution in [2.45, 2.75) is 31.7 Å². The van der Waals surface area contributed by atoms with Gasteiger partial charge in [-0.05, 0) is 36.3 Å². The fourth-order valence-electron chi connectivity index (χ4n) is 4.24. The van der Waals surface area contributed by atoms with Gasteiger partial charge in [-0.3, -0.25) is 4.79 Å². The van der Waals surface area contributed by atoms with Gasteiger partial charge in [0.2, 0.25) is 5.91 Å². The van der Waals surface area contributed by atoms with Gasteiger partial charge >= 0.3 is 0 Å². The highest BCUT2D eigenvalue weighted by Gasteiger charge is 2.32. The number of piperazine rings is 1. The fraction of sp³-hybridized carbons (Fsp3) is 0.500. The Balaban J connectivity index is 0.00000196. The molecule has 1 aromatic heterocycles. The van der Waals surface area contributed by atoms with Crippen LogP contribution in [0, 0.1) is 5.92 Å². The predicted octanol–water partition coefficient (Wildman–Crippen LogP) is 2.51. The molecule has 0 bridgehead atoms. The molecule has 2 aliphatic rings. The van der Waals surface area contributed by atoms with Crippen LogP contribution in [0.4, 0.5) is 0 Å². The molecule has 4 rings (SSSR count). The number of benzene rings is 1. The third-order valence-electron chi connectivity index (χ3n) is 5.63. The van der Waals surface area contributed by atoms with E-state index in [1.54, 1.807) is 0 Å². The molecule has 2 heterocycles. The molecule has 1 N–H and O–H groups in total. The SMILES string of the molecule is Cl.Cn1ccnc1C1CNCCN1C(=O)CC1CCc2ccccc2C1. The van der Waals surface area contributed by atoms with E-state index in [2.05, 4.69) is 34.6 Å². The Morgan fingerprint density at radius 3 is 2.88 bits per heavy atom. The second-order valence-corrected chi connectivity index (χ2v) is 7.29. The van der Waals surface area contributed by atoms with Crippen LogP contribution in [-0.2, 0) is 24.7 Å². The molecule has 1 fully saturated rings. The van der Waals surface area contributed by atoms with Crippen molar-refractivity contribution < 1.29 is 4.79 Å². The highest BCUT2D eigenvalue weighted by Crippen LogP contribution is 2.29. The standard InChI is InChI=1S/C20H26N4O.ClH/c1-23-10-9-22-20(23)18-14-21-8-11-24(18)19(25)13-15-6-7-16-4-2-3-5-17(16)12-15;/h2-5,9-10,15,18,21H,6-8,11-14H2,1H3;1H. The number of imidazole rings is 1. The van der Waals surface area contributed by atoms with Crippen LogP contribution in [-0.4, -0.2) is 40.0 Å². The van der Waals surface area contributed by atoms with Crippen LogP contribution in [0.1, 0.15) is 35.8 Å². The Bertz CT molecular complexity index is 760. The van der Waals surface area contributed by atoms with E-state index in [1.807, 2.05) is 28.9 Å². The Hall–Kier alpha value is -1.85. The second kappa shape index (κ2) is 8.23. The number of nitrogens with one attached hydrogen (secondary N) is 1. The van der Waals surface area contributed by atoms with E-state index in [0.29, 0.717) is 12.3 Å². The molecule has 6 heteroatoms. The summed E-state index contributed by atoms with van der Waals surface area (Å²) in [4.78, 5) is 19.6. The van der Waals surface area contributed by atoms with E-state index in [-0.39, 0.29) is 24.4 Å². The third kappa shape index (κ3) is 3.79. The maximum atomic E-state index is 13.1. The van der Waals surface area contributed by atoms with Crippen molar-refractivity contribution >= 4 is 18.3 Å². The first-order valence-corrected chi connectivity index (χ1v) is 9.26. The first-order valence-electron chi connectivity index (χ1n) is 9.26. The summed E-state index contributed by atoms with van der Waals surface area (Å²) in [5.74, 6) is 1.70. The van der Waals surface area contributed by atoms with Gasteiger partial charge in [0.25, 0.3) is 0 Å². The summed E-state index contributed by atoms with van der Waals surface area (Å²) in [5.41, 5.74) is 2.88. The van der Waals surface area contributed by atoms with Crippen molar-refractivity contribution in [3.63, 3.8) is 0 Å². The lowest BCUT2D eigenvalue weighted by atomic mass is 9.82. The number of halogens is 1. The lowest BCUT2D eigenvalue weighted by Crippen LogP contribution is -2.49. The normalized spacial score (nSPS) is 22.4. The van der Waals surface area contributed by atoms with Crippen molar-refractivity contribution in [2.75, 3.05) is 19.6 Å². The number of carbonyl (C=O) groups is 1. The van der Waals surface area contributed by atoms with Crippen molar-refractivity contribution in [3.8, 4) is 0 Å². The number of aromatic nitrogens is 2. The maximum absolute atomic E-state index is 13.1. The van der Waals surface area contributed by atoms with Crippen molar-refractivity contribution in [1.29, 1.82) is 0 Å². The highest BCUT2D eigenvalue weighted by atomic mass is 35.5. The predicted molar refractivity (Wildman–Crippen MR) is 104 cm³/mol. The van der Waals surface area contributed by atoms with Crippen LogP contribution in [0.15, 0.2) is 36.7 Å². The molecule has 2 aromatic rings. The van der Waals surface area contributed by atoms with Gasteiger partial charge < -0.3 is 14.8 Å². The third-order valence-corrected chi connectivity index (χ3v) is 5.63. The minimum absolute atomic E-state index is 0. The molecular weight excluding hydrogens is 348 g/mol. The molecule has 1 aliphatic heterocycles. The molecule has 2 atom stereocenters. The number of nitrogens with zero attached hydrogens (tertiary/aromatic N) is 3. The molecule has 1 saturated heterocycles. The summed E-state index contributed by atoms with van der Waals surface area (Å²) in [7, 11) is 2.00. The second-order valence-electron chi connectivity index (χ2n) is 7.29. The Morgan fingerprint density at radius 1 is 1.31 bits per heavy atom. The summed E-state index contributed by atoms with van der Waals surface area (Å²) in [6, 6.07) is 8.70. The summed E-state index contributed by atoms with van der Waals surface area (Å²) in [6.45, 7) is 2.41. The van der Waals surface area contributed by atoms with Gasteiger partial charge in [0, 0.05) is 45.5 Å². The average molecular weight is 375 g/mol. The van der Waals surface area contributed by atoms with Crippen LogP contribution in [0.5, 0.6) is 0 Å². The Morgan fingerprint density at radius 2 is 2.12 bits per heavy atom. The number of aryl methyl sites for hydroxylation is 2. The monoisotopic (exact) mass is 374 g/mol. The molecule has 140 valence electrons. The van der Waals surface area contributed by atoms with Crippen LogP contribution in [0.3, 0.4) is 0 Å². The topological polar surface area (TPSA) is 50.2 Å². The highest BCUT2D eigenvalue weighted by molar-refractivity contribution is 5.85. The van der Waals surface area contributed by atoms with Gasteiger partial charge in [-0.15, -0.1) is 12.4 Å². The Labute approximate surface area is 161 Å². The molecule has 1 aliphatic carbocycles. The molecule has 2 unspecified atom stereocenters. The number of rotatable bonds is 3. The van der Waals surface area contributed by atoms with E-state index in [4.69, 9.17) is 0 Å². The molecule has 1 amide bonds. The van der Waals surface area contributed by atoms with Crippen LogP contribution >= 0.6 is 12.4 Å². The largest absolute Gasteiger partial charge is 0.336 e. The van der Waals surface area contributed by atoms with Gasteiger partial charge in [-0.25, -0.2) is 4.98 Å². The lowest BCUT2D eigenvalue weighted by molar-refractivity contribution is -0.135. The smallest absolute Gasteiger partial charge is 0.223 e. The Kier molecular flexibility index (Phi) is 5.99. The summed E-state index contributed by atoms with van der Waals surface area (Å²) in [6.07, 6.45) is 7.64. The molecule has 1 aromatic carbocycles. The van der Waals surface area contributed by atoms with Gasteiger partial charge in [0.05, 0.1) is 0 Å². The van der Waals surface area contributed by atoms with Gasteiger partial charge in [-0.2, -0.15) is 0 Å². The molecule has 5 nitrogen and oxygen atoms in total. The summed E-state index contributed by atoms with van der Waals surface area (Å²) >= 11 is 0. The van der Waals surface area contributed by atoms with E-state index in [9.17, 15) is 4.79 Å². The molecule has 0 radical (unpaired) electrons.